The lowest BCUT2D eigenvalue weighted by Gasteiger charge is -2.33. The number of aryl methyl sites for hydroxylation is 1. The summed E-state index contributed by atoms with van der Waals surface area (Å²) in [5.74, 6) is 1.84. The summed E-state index contributed by atoms with van der Waals surface area (Å²) in [5.41, 5.74) is 2.92. The van der Waals surface area contributed by atoms with Gasteiger partial charge in [-0.05, 0) is 75.7 Å². The van der Waals surface area contributed by atoms with Crippen molar-refractivity contribution in [2.45, 2.75) is 51.0 Å². The first-order valence-corrected chi connectivity index (χ1v) is 7.17. The Morgan fingerprint density at radius 2 is 2.00 bits per heavy atom. The third-order valence-corrected chi connectivity index (χ3v) is 4.28. The predicted molar refractivity (Wildman–Crippen MR) is 74.3 cm³/mol. The molecule has 2 heteroatoms. The molecule has 3 rings (SSSR count). The van der Waals surface area contributed by atoms with Gasteiger partial charge in [0.1, 0.15) is 11.4 Å². The zero-order valence-electron chi connectivity index (χ0n) is 11.5. The molecule has 98 valence electrons. The van der Waals surface area contributed by atoms with Gasteiger partial charge in [-0.1, -0.05) is 12.1 Å². The number of fused-ring (bicyclic) bond motifs is 1. The van der Waals surface area contributed by atoms with E-state index in [9.17, 15) is 0 Å². The van der Waals surface area contributed by atoms with Gasteiger partial charge in [-0.15, -0.1) is 0 Å². The minimum Gasteiger partial charge on any atom is -0.488 e. The van der Waals surface area contributed by atoms with Crippen molar-refractivity contribution in [3.8, 4) is 5.75 Å². The topological polar surface area (TPSA) is 21.3 Å². The number of ether oxygens (including phenoxy) is 1. The lowest BCUT2D eigenvalue weighted by molar-refractivity contribution is 0.0846. The smallest absolute Gasteiger partial charge is 0.123 e. The van der Waals surface area contributed by atoms with Crippen molar-refractivity contribution in [3.05, 3.63) is 29.3 Å². The molecule has 1 aromatic carbocycles. The Bertz CT molecular complexity index is 433. The second kappa shape index (κ2) is 4.58. The van der Waals surface area contributed by atoms with Crippen LogP contribution in [0.3, 0.4) is 0 Å². The van der Waals surface area contributed by atoms with Crippen molar-refractivity contribution >= 4 is 0 Å². The number of hydrogen-bond donors (Lipinski definition) is 1. The van der Waals surface area contributed by atoms with Crippen molar-refractivity contribution in [3.63, 3.8) is 0 Å². The number of benzene rings is 1. The summed E-state index contributed by atoms with van der Waals surface area (Å²) < 4.78 is 6.05. The molecule has 1 fully saturated rings. The monoisotopic (exact) mass is 245 g/mol. The van der Waals surface area contributed by atoms with Gasteiger partial charge in [-0.25, -0.2) is 0 Å². The summed E-state index contributed by atoms with van der Waals surface area (Å²) >= 11 is 0. The molecule has 0 spiro atoms. The van der Waals surface area contributed by atoms with Crippen molar-refractivity contribution in [2.75, 3.05) is 13.1 Å². The molecular formula is C16H23NO. The van der Waals surface area contributed by atoms with Crippen LogP contribution in [0.5, 0.6) is 5.75 Å². The van der Waals surface area contributed by atoms with Crippen LogP contribution >= 0.6 is 0 Å². The lowest BCUT2D eigenvalue weighted by Crippen LogP contribution is -2.32. The van der Waals surface area contributed by atoms with E-state index in [1.165, 1.54) is 24.0 Å². The first-order valence-electron chi connectivity index (χ1n) is 7.17. The second-order valence-electron chi connectivity index (χ2n) is 6.25. The first kappa shape index (κ1) is 12.0. The Kier molecular flexibility index (Phi) is 3.06. The van der Waals surface area contributed by atoms with Crippen LogP contribution in [0.15, 0.2) is 18.2 Å². The lowest BCUT2D eigenvalue weighted by atomic mass is 9.87. The SMILES string of the molecule is CC1(C)CCc2cc(C3CCNCC3)ccc2O1. The van der Waals surface area contributed by atoms with Gasteiger partial charge in [0, 0.05) is 0 Å². The Hall–Kier alpha value is -1.02. The molecule has 1 aromatic rings. The molecule has 0 aromatic heterocycles. The molecule has 18 heavy (non-hydrogen) atoms. The van der Waals surface area contributed by atoms with Gasteiger partial charge in [-0.3, -0.25) is 0 Å². The fourth-order valence-corrected chi connectivity index (χ4v) is 3.09. The highest BCUT2D eigenvalue weighted by molar-refractivity contribution is 5.40. The molecule has 0 atom stereocenters. The summed E-state index contributed by atoms with van der Waals surface area (Å²) in [6, 6.07) is 6.85. The van der Waals surface area contributed by atoms with E-state index in [1.54, 1.807) is 0 Å². The molecule has 0 radical (unpaired) electrons. The number of nitrogens with one attached hydrogen (secondary N) is 1. The maximum Gasteiger partial charge on any atom is 0.123 e. The van der Waals surface area contributed by atoms with Crippen LogP contribution in [0.2, 0.25) is 0 Å². The maximum atomic E-state index is 6.05. The largest absolute Gasteiger partial charge is 0.488 e. The van der Waals surface area contributed by atoms with E-state index in [4.69, 9.17) is 4.74 Å². The van der Waals surface area contributed by atoms with Crippen LogP contribution in [0.1, 0.15) is 50.2 Å². The molecule has 1 N–H and O–H groups in total. The highest BCUT2D eigenvalue weighted by atomic mass is 16.5. The summed E-state index contributed by atoms with van der Waals surface area (Å²) in [6.07, 6.45) is 4.81. The van der Waals surface area contributed by atoms with E-state index < -0.39 is 0 Å². The van der Waals surface area contributed by atoms with Gasteiger partial charge in [0.05, 0.1) is 0 Å². The average Bonchev–Trinajstić information content (AvgIpc) is 2.38. The van der Waals surface area contributed by atoms with E-state index in [1.807, 2.05) is 0 Å². The molecule has 1 saturated heterocycles. The molecule has 2 aliphatic rings. The van der Waals surface area contributed by atoms with Crippen LogP contribution in [0, 0.1) is 0 Å². The minimum absolute atomic E-state index is 0.00325. The third kappa shape index (κ3) is 2.39. The standard InChI is InChI=1S/C16H23NO/c1-16(2)8-5-14-11-13(3-4-15(14)18-16)12-6-9-17-10-7-12/h3-4,11-12,17H,5-10H2,1-2H3. The fourth-order valence-electron chi connectivity index (χ4n) is 3.09. The minimum atomic E-state index is 0.00325. The second-order valence-corrected chi connectivity index (χ2v) is 6.25. The van der Waals surface area contributed by atoms with Gasteiger partial charge in [-0.2, -0.15) is 0 Å². The summed E-state index contributed by atoms with van der Waals surface area (Å²) in [4.78, 5) is 0. The van der Waals surface area contributed by atoms with E-state index in [0.717, 1.165) is 37.6 Å². The van der Waals surface area contributed by atoms with Crippen molar-refractivity contribution < 1.29 is 4.74 Å². The number of piperidine rings is 1. The third-order valence-electron chi connectivity index (χ3n) is 4.28. The van der Waals surface area contributed by atoms with E-state index in [-0.39, 0.29) is 5.60 Å². The van der Waals surface area contributed by atoms with E-state index in [2.05, 4.69) is 37.4 Å². The highest BCUT2D eigenvalue weighted by Gasteiger charge is 2.27. The Balaban J connectivity index is 1.83. The first-order chi connectivity index (χ1) is 8.64. The zero-order chi connectivity index (χ0) is 12.6. The molecule has 0 bridgehead atoms. The predicted octanol–water partition coefficient (Wildman–Crippen LogP) is 3.26. The van der Waals surface area contributed by atoms with Crippen molar-refractivity contribution in [2.24, 2.45) is 0 Å². The molecular weight excluding hydrogens is 222 g/mol. The summed E-state index contributed by atoms with van der Waals surface area (Å²) in [7, 11) is 0. The van der Waals surface area contributed by atoms with E-state index >= 15 is 0 Å². The van der Waals surface area contributed by atoms with Gasteiger partial charge in [0.15, 0.2) is 0 Å². The summed E-state index contributed by atoms with van der Waals surface area (Å²) in [6.45, 7) is 6.67. The van der Waals surface area contributed by atoms with Gasteiger partial charge >= 0.3 is 0 Å². The molecule has 0 saturated carbocycles. The molecule has 0 amide bonds. The molecule has 0 aliphatic carbocycles. The molecule has 2 nitrogen and oxygen atoms in total. The Morgan fingerprint density at radius 1 is 1.22 bits per heavy atom. The van der Waals surface area contributed by atoms with Crippen LogP contribution in [-0.2, 0) is 6.42 Å². The molecule has 0 unspecified atom stereocenters. The zero-order valence-corrected chi connectivity index (χ0v) is 11.5. The van der Waals surface area contributed by atoms with Gasteiger partial charge in [0.25, 0.3) is 0 Å². The quantitative estimate of drug-likeness (QED) is 0.820. The van der Waals surface area contributed by atoms with Crippen LogP contribution in [-0.4, -0.2) is 18.7 Å². The fraction of sp³-hybridized carbons (Fsp3) is 0.625. The number of rotatable bonds is 1. The Labute approximate surface area is 110 Å². The van der Waals surface area contributed by atoms with Gasteiger partial charge in [0.2, 0.25) is 0 Å². The maximum absolute atomic E-state index is 6.05. The molecule has 2 heterocycles. The van der Waals surface area contributed by atoms with Crippen LogP contribution in [0.25, 0.3) is 0 Å². The average molecular weight is 245 g/mol. The normalized spacial score (nSPS) is 23.2. The molecule has 2 aliphatic heterocycles. The number of hydrogen-bond acceptors (Lipinski definition) is 2. The Morgan fingerprint density at radius 3 is 2.78 bits per heavy atom. The van der Waals surface area contributed by atoms with Crippen molar-refractivity contribution in [1.29, 1.82) is 0 Å². The highest BCUT2D eigenvalue weighted by Crippen LogP contribution is 2.36. The van der Waals surface area contributed by atoms with Gasteiger partial charge < -0.3 is 10.1 Å². The summed E-state index contributed by atoms with van der Waals surface area (Å²) in [5, 5.41) is 3.43. The van der Waals surface area contributed by atoms with Crippen LogP contribution in [0.4, 0.5) is 0 Å². The van der Waals surface area contributed by atoms with E-state index in [0.29, 0.717) is 0 Å². The van der Waals surface area contributed by atoms with Crippen molar-refractivity contribution in [1.82, 2.24) is 5.32 Å². The van der Waals surface area contributed by atoms with Crippen LogP contribution < -0.4 is 10.1 Å².